The van der Waals surface area contributed by atoms with Crippen molar-refractivity contribution in [2.75, 3.05) is 5.32 Å². The van der Waals surface area contributed by atoms with E-state index >= 15 is 0 Å². The SMILES string of the molecule is c1ccc(CNc2nc(-c3ccccc3)nc3nc(-c4ccccc4)oc23)cc1. The second-order valence-corrected chi connectivity index (χ2v) is 6.64. The van der Waals surface area contributed by atoms with E-state index in [1.807, 2.05) is 78.9 Å². The maximum Gasteiger partial charge on any atom is 0.229 e. The van der Waals surface area contributed by atoms with E-state index in [2.05, 4.69) is 27.4 Å². The Labute approximate surface area is 168 Å². The van der Waals surface area contributed by atoms with Crippen LogP contribution in [0.3, 0.4) is 0 Å². The van der Waals surface area contributed by atoms with E-state index < -0.39 is 0 Å². The normalized spacial score (nSPS) is 10.9. The van der Waals surface area contributed by atoms with E-state index in [4.69, 9.17) is 9.40 Å². The summed E-state index contributed by atoms with van der Waals surface area (Å²) in [5.41, 5.74) is 4.08. The third kappa shape index (κ3) is 3.58. The number of hydrogen-bond donors (Lipinski definition) is 1. The molecule has 0 radical (unpaired) electrons. The minimum Gasteiger partial charge on any atom is -0.430 e. The molecule has 0 aliphatic heterocycles. The third-order valence-electron chi connectivity index (χ3n) is 4.61. The smallest absolute Gasteiger partial charge is 0.229 e. The van der Waals surface area contributed by atoms with Gasteiger partial charge in [0, 0.05) is 17.7 Å². The minimum atomic E-state index is 0.530. The summed E-state index contributed by atoms with van der Waals surface area (Å²) in [6.07, 6.45) is 0. The number of aromatic nitrogens is 3. The number of rotatable bonds is 5. The lowest BCUT2D eigenvalue weighted by Gasteiger charge is -2.08. The predicted molar refractivity (Wildman–Crippen MR) is 114 cm³/mol. The molecule has 0 unspecified atom stereocenters. The Hall–Kier alpha value is -3.99. The zero-order chi connectivity index (χ0) is 19.5. The van der Waals surface area contributed by atoms with Crippen molar-refractivity contribution in [1.29, 1.82) is 0 Å². The summed E-state index contributed by atoms with van der Waals surface area (Å²) in [6, 6.07) is 29.9. The lowest BCUT2D eigenvalue weighted by atomic mass is 10.2. The van der Waals surface area contributed by atoms with Crippen LogP contribution in [0.4, 0.5) is 5.82 Å². The lowest BCUT2D eigenvalue weighted by molar-refractivity contribution is 0.619. The van der Waals surface area contributed by atoms with Crippen molar-refractivity contribution in [2.24, 2.45) is 0 Å². The first-order valence-electron chi connectivity index (χ1n) is 9.44. The monoisotopic (exact) mass is 378 g/mol. The Morgan fingerprint density at radius 2 is 1.28 bits per heavy atom. The number of benzene rings is 3. The molecule has 5 nitrogen and oxygen atoms in total. The summed E-state index contributed by atoms with van der Waals surface area (Å²) in [6.45, 7) is 0.628. The molecule has 0 atom stereocenters. The summed E-state index contributed by atoms with van der Waals surface area (Å²) in [7, 11) is 0. The van der Waals surface area contributed by atoms with Gasteiger partial charge < -0.3 is 9.73 Å². The fourth-order valence-electron chi connectivity index (χ4n) is 3.15. The molecule has 1 N–H and O–H groups in total. The number of fused-ring (bicyclic) bond motifs is 1. The number of oxazole rings is 1. The highest BCUT2D eigenvalue weighted by Crippen LogP contribution is 2.29. The minimum absolute atomic E-state index is 0.530. The average Bonchev–Trinajstić information content (AvgIpc) is 3.24. The number of hydrogen-bond acceptors (Lipinski definition) is 5. The van der Waals surface area contributed by atoms with Crippen LogP contribution >= 0.6 is 0 Å². The molecule has 0 aliphatic carbocycles. The van der Waals surface area contributed by atoms with Gasteiger partial charge >= 0.3 is 0 Å². The van der Waals surface area contributed by atoms with Gasteiger partial charge in [-0.3, -0.25) is 0 Å². The first-order valence-corrected chi connectivity index (χ1v) is 9.44. The van der Waals surface area contributed by atoms with Crippen LogP contribution < -0.4 is 5.32 Å². The quantitative estimate of drug-likeness (QED) is 0.433. The molecule has 0 spiro atoms. The van der Waals surface area contributed by atoms with Crippen LogP contribution in [-0.4, -0.2) is 15.0 Å². The molecule has 5 aromatic rings. The Kier molecular flexibility index (Phi) is 4.47. The van der Waals surface area contributed by atoms with Gasteiger partial charge in [0.1, 0.15) is 0 Å². The van der Waals surface area contributed by atoms with E-state index in [-0.39, 0.29) is 0 Å². The van der Waals surface area contributed by atoms with Crippen molar-refractivity contribution in [1.82, 2.24) is 15.0 Å². The highest BCUT2D eigenvalue weighted by atomic mass is 16.3. The van der Waals surface area contributed by atoms with Gasteiger partial charge in [-0.15, -0.1) is 0 Å². The highest BCUT2D eigenvalue weighted by molar-refractivity contribution is 5.84. The Morgan fingerprint density at radius 1 is 0.655 bits per heavy atom. The fraction of sp³-hybridized carbons (Fsp3) is 0.0417. The molecule has 5 rings (SSSR count). The van der Waals surface area contributed by atoms with Crippen LogP contribution in [0, 0.1) is 0 Å². The Balaban J connectivity index is 1.60. The molecular formula is C24H18N4O. The zero-order valence-corrected chi connectivity index (χ0v) is 15.6. The number of nitrogens with zero attached hydrogens (tertiary/aromatic N) is 3. The molecule has 2 aromatic heterocycles. The Bertz CT molecular complexity index is 1240. The van der Waals surface area contributed by atoms with Gasteiger partial charge in [-0.2, -0.15) is 4.98 Å². The maximum atomic E-state index is 6.07. The van der Waals surface area contributed by atoms with Crippen molar-refractivity contribution < 1.29 is 4.42 Å². The number of nitrogens with one attached hydrogen (secondary N) is 1. The maximum absolute atomic E-state index is 6.07. The molecule has 29 heavy (non-hydrogen) atoms. The molecule has 5 heteroatoms. The molecule has 140 valence electrons. The molecule has 3 aromatic carbocycles. The van der Waals surface area contributed by atoms with Gasteiger partial charge in [0.2, 0.25) is 17.1 Å². The van der Waals surface area contributed by atoms with E-state index in [0.29, 0.717) is 35.3 Å². The Morgan fingerprint density at radius 3 is 1.97 bits per heavy atom. The molecule has 0 saturated heterocycles. The van der Waals surface area contributed by atoms with Gasteiger partial charge in [-0.25, -0.2) is 9.97 Å². The van der Waals surface area contributed by atoms with Gasteiger partial charge in [-0.1, -0.05) is 78.9 Å². The molecule has 0 aliphatic rings. The van der Waals surface area contributed by atoms with Crippen molar-refractivity contribution in [3.8, 4) is 22.8 Å². The molecule has 0 amide bonds. The predicted octanol–water partition coefficient (Wildman–Crippen LogP) is 5.56. The van der Waals surface area contributed by atoms with Crippen LogP contribution in [0.2, 0.25) is 0 Å². The summed E-state index contributed by atoms with van der Waals surface area (Å²) in [5.74, 6) is 1.77. The van der Waals surface area contributed by atoms with Crippen molar-refractivity contribution in [3.63, 3.8) is 0 Å². The van der Waals surface area contributed by atoms with Crippen molar-refractivity contribution in [2.45, 2.75) is 6.54 Å². The van der Waals surface area contributed by atoms with Crippen molar-refractivity contribution in [3.05, 3.63) is 96.6 Å². The van der Waals surface area contributed by atoms with Crippen LogP contribution in [0.5, 0.6) is 0 Å². The fourth-order valence-corrected chi connectivity index (χ4v) is 3.15. The molecular weight excluding hydrogens is 360 g/mol. The van der Waals surface area contributed by atoms with E-state index in [1.54, 1.807) is 0 Å². The first kappa shape index (κ1) is 17.1. The second-order valence-electron chi connectivity index (χ2n) is 6.64. The van der Waals surface area contributed by atoms with Crippen LogP contribution in [0.1, 0.15) is 5.56 Å². The summed E-state index contributed by atoms with van der Waals surface area (Å²) >= 11 is 0. The van der Waals surface area contributed by atoms with Crippen LogP contribution in [-0.2, 0) is 6.54 Å². The van der Waals surface area contributed by atoms with Gasteiger partial charge in [-0.05, 0) is 17.7 Å². The summed E-state index contributed by atoms with van der Waals surface area (Å²) in [4.78, 5) is 14.0. The zero-order valence-electron chi connectivity index (χ0n) is 15.6. The van der Waals surface area contributed by atoms with E-state index in [1.165, 1.54) is 0 Å². The first-order chi connectivity index (χ1) is 14.4. The van der Waals surface area contributed by atoms with E-state index in [9.17, 15) is 0 Å². The van der Waals surface area contributed by atoms with Crippen LogP contribution in [0.25, 0.3) is 34.1 Å². The molecule has 0 fully saturated rings. The largest absolute Gasteiger partial charge is 0.430 e. The molecule has 0 bridgehead atoms. The molecule has 2 heterocycles. The summed E-state index contributed by atoms with van der Waals surface area (Å²) in [5, 5.41) is 3.39. The topological polar surface area (TPSA) is 63.8 Å². The molecule has 0 saturated carbocycles. The average molecular weight is 378 g/mol. The standard InChI is InChI=1S/C24H18N4O/c1-4-10-17(11-5-1)16-25-22-20-23(27-21(26-22)18-12-6-2-7-13-18)28-24(29-20)19-14-8-3-9-15-19/h1-15H,16H2,(H,25,26,27). The second kappa shape index (κ2) is 7.56. The summed E-state index contributed by atoms with van der Waals surface area (Å²) < 4.78 is 6.07. The van der Waals surface area contributed by atoms with Gasteiger partial charge in [0.05, 0.1) is 0 Å². The third-order valence-corrected chi connectivity index (χ3v) is 4.61. The van der Waals surface area contributed by atoms with E-state index in [0.717, 1.165) is 16.7 Å². The van der Waals surface area contributed by atoms with Crippen molar-refractivity contribution >= 4 is 17.0 Å². The number of anilines is 1. The van der Waals surface area contributed by atoms with Crippen LogP contribution in [0.15, 0.2) is 95.4 Å². The van der Waals surface area contributed by atoms with Gasteiger partial charge in [0.15, 0.2) is 11.6 Å². The lowest BCUT2D eigenvalue weighted by Crippen LogP contribution is -2.03. The highest BCUT2D eigenvalue weighted by Gasteiger charge is 2.17. The van der Waals surface area contributed by atoms with Gasteiger partial charge in [0.25, 0.3) is 0 Å².